The lowest BCUT2D eigenvalue weighted by atomic mass is 10.3. The van der Waals surface area contributed by atoms with Crippen LogP contribution in [0.3, 0.4) is 0 Å². The third-order valence-corrected chi connectivity index (χ3v) is 3.06. The fourth-order valence-electron chi connectivity index (χ4n) is 2.01. The van der Waals surface area contributed by atoms with Gasteiger partial charge in [0.1, 0.15) is 0 Å². The van der Waals surface area contributed by atoms with Crippen LogP contribution in [-0.2, 0) is 14.4 Å². The van der Waals surface area contributed by atoms with Gasteiger partial charge in [-0.3, -0.25) is 19.7 Å². The Hall–Kier alpha value is -2.51. The first-order valence-electron chi connectivity index (χ1n) is 6.81. The van der Waals surface area contributed by atoms with Crippen LogP contribution in [-0.4, -0.2) is 52.2 Å². The second-order valence-corrected chi connectivity index (χ2v) is 4.62. The van der Waals surface area contributed by atoms with E-state index in [0.717, 1.165) is 13.0 Å². The minimum Gasteiger partial charge on any atom is -0.348 e. The van der Waals surface area contributed by atoms with Gasteiger partial charge in [0.15, 0.2) is 0 Å². The van der Waals surface area contributed by atoms with E-state index in [1.807, 2.05) is 0 Å². The van der Waals surface area contributed by atoms with Crippen LogP contribution in [0.5, 0.6) is 0 Å². The molecule has 0 saturated carbocycles. The molecule has 0 spiro atoms. The van der Waals surface area contributed by atoms with E-state index in [9.17, 15) is 14.4 Å². The lowest BCUT2D eigenvalue weighted by molar-refractivity contribution is -0.136. The summed E-state index contributed by atoms with van der Waals surface area (Å²) < 4.78 is 0. The van der Waals surface area contributed by atoms with Gasteiger partial charge in [-0.25, -0.2) is 9.97 Å². The van der Waals surface area contributed by atoms with Crippen LogP contribution in [0.1, 0.15) is 19.3 Å². The van der Waals surface area contributed by atoms with Crippen molar-refractivity contribution >= 4 is 23.7 Å². The number of hydrogen-bond acceptors (Lipinski definition) is 5. The van der Waals surface area contributed by atoms with Gasteiger partial charge in [0.25, 0.3) is 0 Å². The first-order valence-corrected chi connectivity index (χ1v) is 6.81. The van der Waals surface area contributed by atoms with Crippen LogP contribution in [0.4, 0.5) is 5.95 Å². The number of carbonyl (C=O) groups excluding carboxylic acids is 3. The van der Waals surface area contributed by atoms with E-state index in [1.165, 1.54) is 12.4 Å². The third-order valence-electron chi connectivity index (χ3n) is 3.06. The topological polar surface area (TPSA) is 104 Å². The van der Waals surface area contributed by atoms with Crippen molar-refractivity contribution in [3.05, 3.63) is 18.5 Å². The average molecular weight is 291 g/mol. The van der Waals surface area contributed by atoms with Gasteiger partial charge in [-0.05, 0) is 18.9 Å². The Morgan fingerprint density at radius 3 is 2.67 bits per heavy atom. The highest BCUT2D eigenvalue weighted by Crippen LogP contribution is 2.09. The summed E-state index contributed by atoms with van der Waals surface area (Å²) in [6.45, 7) is 1.72. The maximum absolute atomic E-state index is 11.5. The van der Waals surface area contributed by atoms with Crippen LogP contribution >= 0.6 is 0 Å². The summed E-state index contributed by atoms with van der Waals surface area (Å²) in [6, 6.07) is 1.61. The molecule has 1 fully saturated rings. The molecular weight excluding hydrogens is 274 g/mol. The van der Waals surface area contributed by atoms with E-state index < -0.39 is 11.8 Å². The van der Waals surface area contributed by atoms with Gasteiger partial charge in [0, 0.05) is 38.4 Å². The normalized spacial score (nSPS) is 14.1. The Morgan fingerprint density at radius 1 is 1.24 bits per heavy atom. The molecule has 0 unspecified atom stereocenters. The molecule has 1 saturated heterocycles. The quantitative estimate of drug-likeness (QED) is 0.564. The maximum atomic E-state index is 11.5. The van der Waals surface area contributed by atoms with Crippen molar-refractivity contribution < 1.29 is 14.4 Å². The number of hydrogen-bond donors (Lipinski definition) is 2. The summed E-state index contributed by atoms with van der Waals surface area (Å²) in [4.78, 5) is 43.8. The second kappa shape index (κ2) is 7.32. The van der Waals surface area contributed by atoms with Crippen molar-refractivity contribution in [2.45, 2.75) is 19.3 Å². The number of anilines is 1. The lowest BCUT2D eigenvalue weighted by Crippen LogP contribution is -2.37. The number of nitrogens with one attached hydrogen (secondary N) is 2. The van der Waals surface area contributed by atoms with E-state index in [-0.39, 0.29) is 11.9 Å². The van der Waals surface area contributed by atoms with Crippen molar-refractivity contribution in [1.29, 1.82) is 0 Å². The van der Waals surface area contributed by atoms with Crippen molar-refractivity contribution in [3.63, 3.8) is 0 Å². The van der Waals surface area contributed by atoms with E-state index in [1.54, 1.807) is 11.0 Å². The number of carbonyl (C=O) groups is 3. The molecule has 1 aliphatic heterocycles. The molecule has 0 radical (unpaired) electrons. The zero-order valence-corrected chi connectivity index (χ0v) is 11.5. The molecular formula is C13H17N5O3. The Bertz CT molecular complexity index is 520. The smallest absolute Gasteiger partial charge is 0.316 e. The van der Waals surface area contributed by atoms with Gasteiger partial charge in [0.2, 0.25) is 11.9 Å². The van der Waals surface area contributed by atoms with Gasteiger partial charge in [0.05, 0.1) is 0 Å². The summed E-state index contributed by atoms with van der Waals surface area (Å²) >= 11 is 0. The second-order valence-electron chi connectivity index (χ2n) is 4.62. The molecule has 2 rings (SSSR count). The van der Waals surface area contributed by atoms with Crippen molar-refractivity contribution in [1.82, 2.24) is 20.2 Å². The number of aromatic nitrogens is 2. The van der Waals surface area contributed by atoms with E-state index in [0.29, 0.717) is 25.9 Å². The molecule has 3 amide bonds. The first-order chi connectivity index (χ1) is 10.2. The van der Waals surface area contributed by atoms with Crippen molar-refractivity contribution in [3.8, 4) is 0 Å². The Balaban J connectivity index is 1.65. The average Bonchev–Trinajstić information content (AvgIpc) is 2.90. The van der Waals surface area contributed by atoms with Crippen molar-refractivity contribution in [2.24, 2.45) is 0 Å². The molecule has 1 aliphatic rings. The number of likely N-dealkylation sites (tertiary alicyclic amines) is 1. The number of nitrogens with zero attached hydrogens (tertiary/aromatic N) is 3. The van der Waals surface area contributed by atoms with Crippen LogP contribution in [0, 0.1) is 0 Å². The van der Waals surface area contributed by atoms with Crippen LogP contribution in [0.25, 0.3) is 0 Å². The molecule has 0 bridgehead atoms. The minimum absolute atomic E-state index is 0.0836. The summed E-state index contributed by atoms with van der Waals surface area (Å²) in [6.07, 6.45) is 5.05. The molecule has 1 aromatic heterocycles. The SMILES string of the molecule is O=C(NCCCN1CCCC1=O)C(=O)Nc1ncccn1. The Labute approximate surface area is 121 Å². The van der Waals surface area contributed by atoms with E-state index in [4.69, 9.17) is 0 Å². The van der Waals surface area contributed by atoms with Crippen LogP contribution in [0.15, 0.2) is 18.5 Å². The number of rotatable bonds is 5. The van der Waals surface area contributed by atoms with Gasteiger partial charge in [-0.1, -0.05) is 0 Å². The van der Waals surface area contributed by atoms with Crippen LogP contribution in [0.2, 0.25) is 0 Å². The Kier molecular flexibility index (Phi) is 5.19. The van der Waals surface area contributed by atoms with Gasteiger partial charge in [-0.15, -0.1) is 0 Å². The zero-order chi connectivity index (χ0) is 15.1. The molecule has 0 aromatic carbocycles. The fourth-order valence-corrected chi connectivity index (χ4v) is 2.01. The van der Waals surface area contributed by atoms with Crippen molar-refractivity contribution in [2.75, 3.05) is 25.0 Å². The third kappa shape index (κ3) is 4.51. The standard InChI is InChI=1S/C13H17N5O3/c19-10-4-1-8-18(10)9-3-7-14-11(20)12(21)17-13-15-5-2-6-16-13/h2,5-6H,1,3-4,7-9H2,(H,14,20)(H,15,16,17,21). The molecule has 0 aliphatic carbocycles. The molecule has 1 aromatic rings. The largest absolute Gasteiger partial charge is 0.348 e. The van der Waals surface area contributed by atoms with Gasteiger partial charge in [-0.2, -0.15) is 0 Å². The summed E-state index contributed by atoms with van der Waals surface area (Å²) in [5, 5.41) is 4.79. The first kappa shape index (κ1) is 14.9. The molecule has 2 heterocycles. The van der Waals surface area contributed by atoms with Gasteiger partial charge < -0.3 is 10.2 Å². The lowest BCUT2D eigenvalue weighted by Gasteiger charge is -2.15. The van der Waals surface area contributed by atoms with Crippen LogP contribution < -0.4 is 10.6 Å². The monoisotopic (exact) mass is 291 g/mol. The molecule has 21 heavy (non-hydrogen) atoms. The van der Waals surface area contributed by atoms with E-state index >= 15 is 0 Å². The predicted molar refractivity (Wildman–Crippen MR) is 74.1 cm³/mol. The summed E-state index contributed by atoms with van der Waals surface area (Å²) in [7, 11) is 0. The molecule has 112 valence electrons. The zero-order valence-electron chi connectivity index (χ0n) is 11.5. The highest BCUT2D eigenvalue weighted by Gasteiger charge is 2.19. The molecule has 2 N–H and O–H groups in total. The Morgan fingerprint density at radius 2 is 2.00 bits per heavy atom. The van der Waals surface area contributed by atoms with E-state index in [2.05, 4.69) is 20.6 Å². The highest BCUT2D eigenvalue weighted by molar-refractivity contribution is 6.39. The van der Waals surface area contributed by atoms with Gasteiger partial charge >= 0.3 is 11.8 Å². The maximum Gasteiger partial charge on any atom is 0.316 e. The summed E-state index contributed by atoms with van der Waals surface area (Å²) in [5.41, 5.74) is 0. The molecule has 0 atom stereocenters. The predicted octanol–water partition coefficient (Wildman–Crippen LogP) is -0.456. The number of amides is 3. The highest BCUT2D eigenvalue weighted by atomic mass is 16.2. The molecule has 8 nitrogen and oxygen atoms in total. The molecule has 8 heteroatoms. The fraction of sp³-hybridized carbons (Fsp3) is 0.462. The summed E-state index contributed by atoms with van der Waals surface area (Å²) in [5.74, 6) is -1.31. The minimum atomic E-state index is -0.807.